The molecule has 0 fully saturated rings. The van der Waals surface area contributed by atoms with Gasteiger partial charge >= 0.3 is 0 Å². The molecule has 0 saturated carbocycles. The zero-order valence-electron chi connectivity index (χ0n) is 16.5. The third-order valence-electron chi connectivity index (χ3n) is 4.99. The molecule has 0 bridgehead atoms. The molecule has 0 aliphatic rings. The van der Waals surface area contributed by atoms with E-state index in [0.29, 0.717) is 5.41 Å². The van der Waals surface area contributed by atoms with Crippen molar-refractivity contribution in [1.82, 2.24) is 4.90 Å². The smallest absolute Gasteiger partial charge is 0.0230 e. The van der Waals surface area contributed by atoms with Crippen LogP contribution in [0.5, 0.6) is 0 Å². The van der Waals surface area contributed by atoms with E-state index in [1.165, 1.54) is 36.8 Å². The van der Waals surface area contributed by atoms with Crippen molar-refractivity contribution in [1.29, 1.82) is 0 Å². The largest absolute Gasteiger partial charge is 0.302 e. The third kappa shape index (κ3) is 7.44. The summed E-state index contributed by atoms with van der Waals surface area (Å²) >= 11 is 0. The summed E-state index contributed by atoms with van der Waals surface area (Å²) in [6, 6.07) is 21.8. The lowest BCUT2D eigenvalue weighted by atomic mass is 9.74. The molecule has 0 heterocycles. The standard InChI is InChI=1S/C24H35N/c1-21(2)18-24(3,19-22-12-7-5-8-13-22)16-11-17-25(4)20-23-14-9-6-10-15-23/h5-10,12-15,21H,11,16-20H2,1-4H3. The fourth-order valence-corrected chi connectivity index (χ4v) is 4.09. The van der Waals surface area contributed by atoms with E-state index in [4.69, 9.17) is 0 Å². The number of hydrogen-bond donors (Lipinski definition) is 0. The second kappa shape index (κ2) is 9.77. The van der Waals surface area contributed by atoms with Crippen LogP contribution in [0.15, 0.2) is 60.7 Å². The highest BCUT2D eigenvalue weighted by atomic mass is 15.1. The van der Waals surface area contributed by atoms with Crippen LogP contribution in [0, 0.1) is 11.3 Å². The fourth-order valence-electron chi connectivity index (χ4n) is 4.09. The first-order chi connectivity index (χ1) is 12.0. The van der Waals surface area contributed by atoms with Gasteiger partial charge in [0.2, 0.25) is 0 Å². The Balaban J connectivity index is 1.86. The maximum absolute atomic E-state index is 2.48. The third-order valence-corrected chi connectivity index (χ3v) is 4.99. The summed E-state index contributed by atoms with van der Waals surface area (Å²) in [7, 11) is 2.24. The molecule has 25 heavy (non-hydrogen) atoms. The summed E-state index contributed by atoms with van der Waals surface area (Å²) in [5.41, 5.74) is 3.27. The molecule has 0 N–H and O–H groups in total. The quantitative estimate of drug-likeness (QED) is 0.499. The first kappa shape index (κ1) is 19.7. The molecule has 2 aromatic rings. The van der Waals surface area contributed by atoms with Gasteiger partial charge in [0.1, 0.15) is 0 Å². The Hall–Kier alpha value is -1.60. The normalized spacial score (nSPS) is 14.0. The van der Waals surface area contributed by atoms with E-state index >= 15 is 0 Å². The lowest BCUT2D eigenvalue weighted by Gasteiger charge is -2.32. The summed E-state index contributed by atoms with van der Waals surface area (Å²) in [5.74, 6) is 0.746. The van der Waals surface area contributed by atoms with Crippen molar-refractivity contribution >= 4 is 0 Å². The van der Waals surface area contributed by atoms with Crippen molar-refractivity contribution in [2.45, 2.75) is 53.0 Å². The van der Waals surface area contributed by atoms with Crippen molar-refractivity contribution in [3.8, 4) is 0 Å². The molecule has 0 radical (unpaired) electrons. The van der Waals surface area contributed by atoms with Gasteiger partial charge < -0.3 is 4.90 Å². The molecule has 2 rings (SSSR count). The molecule has 0 aromatic heterocycles. The van der Waals surface area contributed by atoms with E-state index in [0.717, 1.165) is 19.0 Å². The minimum absolute atomic E-state index is 0.392. The van der Waals surface area contributed by atoms with Gasteiger partial charge in [0.05, 0.1) is 0 Å². The van der Waals surface area contributed by atoms with Crippen LogP contribution in [-0.2, 0) is 13.0 Å². The van der Waals surface area contributed by atoms with Crippen LogP contribution in [0.2, 0.25) is 0 Å². The number of hydrogen-bond acceptors (Lipinski definition) is 1. The molecule has 1 atom stereocenters. The molecule has 0 aliphatic heterocycles. The summed E-state index contributed by atoms with van der Waals surface area (Å²) in [6.07, 6.45) is 5.04. The van der Waals surface area contributed by atoms with Crippen LogP contribution < -0.4 is 0 Å². The van der Waals surface area contributed by atoms with Gasteiger partial charge in [-0.2, -0.15) is 0 Å². The maximum Gasteiger partial charge on any atom is 0.0230 e. The van der Waals surface area contributed by atoms with Gasteiger partial charge in [-0.05, 0) is 61.7 Å². The molecular formula is C24H35N. The van der Waals surface area contributed by atoms with Crippen molar-refractivity contribution in [2.75, 3.05) is 13.6 Å². The van der Waals surface area contributed by atoms with Crippen molar-refractivity contribution < 1.29 is 0 Å². The highest BCUT2D eigenvalue weighted by Gasteiger charge is 2.25. The van der Waals surface area contributed by atoms with Gasteiger partial charge in [-0.1, -0.05) is 81.4 Å². The first-order valence-corrected chi connectivity index (χ1v) is 9.73. The lowest BCUT2D eigenvalue weighted by Crippen LogP contribution is -2.25. The average Bonchev–Trinajstić information content (AvgIpc) is 2.55. The number of nitrogens with zero attached hydrogens (tertiary/aromatic N) is 1. The molecule has 1 unspecified atom stereocenters. The second-order valence-corrected chi connectivity index (χ2v) is 8.40. The topological polar surface area (TPSA) is 3.24 Å². The Morgan fingerprint density at radius 1 is 0.880 bits per heavy atom. The minimum atomic E-state index is 0.392. The maximum atomic E-state index is 2.48. The lowest BCUT2D eigenvalue weighted by molar-refractivity contribution is 0.210. The second-order valence-electron chi connectivity index (χ2n) is 8.40. The van der Waals surface area contributed by atoms with E-state index in [9.17, 15) is 0 Å². The Kier molecular flexibility index (Phi) is 7.71. The van der Waals surface area contributed by atoms with E-state index in [2.05, 4.69) is 93.4 Å². The predicted octanol–water partition coefficient (Wildman–Crippen LogP) is 6.19. The number of benzene rings is 2. The molecule has 0 amide bonds. The van der Waals surface area contributed by atoms with Crippen LogP contribution in [0.3, 0.4) is 0 Å². The van der Waals surface area contributed by atoms with Crippen LogP contribution in [0.1, 0.15) is 51.2 Å². The van der Waals surface area contributed by atoms with Gasteiger partial charge in [0.15, 0.2) is 0 Å². The highest BCUT2D eigenvalue weighted by Crippen LogP contribution is 2.35. The summed E-state index contributed by atoms with van der Waals surface area (Å²) in [5, 5.41) is 0. The molecule has 0 spiro atoms. The van der Waals surface area contributed by atoms with Gasteiger partial charge in [-0.3, -0.25) is 0 Å². The molecule has 1 nitrogen and oxygen atoms in total. The average molecular weight is 338 g/mol. The molecule has 1 heteroatoms. The monoisotopic (exact) mass is 337 g/mol. The molecule has 136 valence electrons. The van der Waals surface area contributed by atoms with Gasteiger partial charge in [-0.25, -0.2) is 0 Å². The zero-order chi connectivity index (χ0) is 18.1. The zero-order valence-corrected chi connectivity index (χ0v) is 16.5. The van der Waals surface area contributed by atoms with Crippen LogP contribution in [-0.4, -0.2) is 18.5 Å². The van der Waals surface area contributed by atoms with E-state index < -0.39 is 0 Å². The van der Waals surface area contributed by atoms with Crippen LogP contribution in [0.4, 0.5) is 0 Å². The minimum Gasteiger partial charge on any atom is -0.302 e. The van der Waals surface area contributed by atoms with Crippen molar-refractivity contribution in [3.63, 3.8) is 0 Å². The Labute approximate surface area is 155 Å². The van der Waals surface area contributed by atoms with Gasteiger partial charge in [0, 0.05) is 6.54 Å². The van der Waals surface area contributed by atoms with Crippen LogP contribution in [0.25, 0.3) is 0 Å². The van der Waals surface area contributed by atoms with Gasteiger partial charge in [-0.15, -0.1) is 0 Å². The predicted molar refractivity (Wildman–Crippen MR) is 110 cm³/mol. The molecule has 2 aromatic carbocycles. The Morgan fingerprint density at radius 3 is 2.00 bits per heavy atom. The first-order valence-electron chi connectivity index (χ1n) is 9.73. The summed E-state index contributed by atoms with van der Waals surface area (Å²) in [4.78, 5) is 2.45. The Morgan fingerprint density at radius 2 is 1.44 bits per heavy atom. The number of rotatable bonds is 10. The SMILES string of the molecule is CC(C)CC(C)(CCCN(C)Cc1ccccc1)Cc1ccccc1. The van der Waals surface area contributed by atoms with Crippen LogP contribution >= 0.6 is 0 Å². The highest BCUT2D eigenvalue weighted by molar-refractivity contribution is 5.16. The molecular weight excluding hydrogens is 302 g/mol. The van der Waals surface area contributed by atoms with Gasteiger partial charge in [0.25, 0.3) is 0 Å². The van der Waals surface area contributed by atoms with E-state index in [1.54, 1.807) is 0 Å². The van der Waals surface area contributed by atoms with Crippen molar-refractivity contribution in [3.05, 3.63) is 71.8 Å². The van der Waals surface area contributed by atoms with E-state index in [1.807, 2.05) is 0 Å². The van der Waals surface area contributed by atoms with E-state index in [-0.39, 0.29) is 0 Å². The Bertz CT molecular complexity index is 590. The summed E-state index contributed by atoms with van der Waals surface area (Å²) in [6.45, 7) is 9.39. The molecule has 0 saturated heterocycles. The molecule has 0 aliphatic carbocycles. The van der Waals surface area contributed by atoms with Crippen molar-refractivity contribution in [2.24, 2.45) is 11.3 Å². The summed E-state index contributed by atoms with van der Waals surface area (Å²) < 4.78 is 0. The fraction of sp³-hybridized carbons (Fsp3) is 0.500.